The van der Waals surface area contributed by atoms with E-state index in [1.807, 2.05) is 0 Å². The number of benzene rings is 1. The molecule has 0 spiro atoms. The number of aromatic hydroxyl groups is 1. The number of piperidine rings is 1. The average Bonchev–Trinajstić information content (AvgIpc) is 2.44. The molecule has 2 N–H and O–H groups in total. The maximum atomic E-state index is 12.0. The number of hydrogen-bond acceptors (Lipinski definition) is 3. The summed E-state index contributed by atoms with van der Waals surface area (Å²) in [4.78, 5) is 14.4. The van der Waals surface area contributed by atoms with Crippen LogP contribution in [0.25, 0.3) is 0 Å². The average molecular weight is 276 g/mol. The van der Waals surface area contributed by atoms with Gasteiger partial charge in [-0.1, -0.05) is 19.1 Å². The first-order chi connectivity index (χ1) is 9.67. The highest BCUT2D eigenvalue weighted by Crippen LogP contribution is 2.12. The van der Waals surface area contributed by atoms with Crippen LogP contribution in [0.1, 0.15) is 31.7 Å². The summed E-state index contributed by atoms with van der Waals surface area (Å²) in [7, 11) is 0. The molecule has 0 atom stereocenters. The number of phenolic OH excluding ortho intramolecular Hbond substituents is 1. The molecule has 1 aromatic carbocycles. The molecule has 1 aliphatic heterocycles. The summed E-state index contributed by atoms with van der Waals surface area (Å²) in [5.74, 6) is 0.307. The minimum absolute atomic E-state index is 0.0737. The van der Waals surface area contributed by atoms with Gasteiger partial charge in [0.1, 0.15) is 5.75 Å². The molecule has 0 radical (unpaired) electrons. The topological polar surface area (TPSA) is 52.6 Å². The van der Waals surface area contributed by atoms with E-state index < -0.39 is 0 Å². The third kappa shape index (κ3) is 4.53. The normalized spacial score (nSPS) is 17.1. The Morgan fingerprint density at radius 3 is 2.55 bits per heavy atom. The number of carbonyl (C=O) groups excluding carboxylic acids is 1. The Hall–Kier alpha value is -1.55. The van der Waals surface area contributed by atoms with Crippen LogP contribution in [0.2, 0.25) is 0 Å². The molecule has 2 rings (SSSR count). The Kier molecular flexibility index (Phi) is 5.41. The zero-order valence-electron chi connectivity index (χ0n) is 12.1. The molecule has 110 valence electrons. The summed E-state index contributed by atoms with van der Waals surface area (Å²) in [5.41, 5.74) is 0.934. The van der Waals surface area contributed by atoms with Crippen LogP contribution < -0.4 is 5.32 Å². The molecule has 0 unspecified atom stereocenters. The van der Waals surface area contributed by atoms with E-state index in [1.54, 1.807) is 24.3 Å². The molecule has 0 aliphatic carbocycles. The van der Waals surface area contributed by atoms with E-state index in [-0.39, 0.29) is 11.7 Å². The highest BCUT2D eigenvalue weighted by molar-refractivity contribution is 5.78. The lowest BCUT2D eigenvalue weighted by Crippen LogP contribution is -2.45. The Morgan fingerprint density at radius 1 is 1.30 bits per heavy atom. The highest BCUT2D eigenvalue weighted by atomic mass is 16.3. The van der Waals surface area contributed by atoms with Crippen LogP contribution in [0.3, 0.4) is 0 Å². The van der Waals surface area contributed by atoms with Crippen LogP contribution in [0.5, 0.6) is 5.75 Å². The number of nitrogens with zero attached hydrogens (tertiary/aromatic N) is 1. The summed E-state index contributed by atoms with van der Waals surface area (Å²) in [5, 5.41) is 12.3. The van der Waals surface area contributed by atoms with Crippen molar-refractivity contribution < 1.29 is 9.90 Å². The van der Waals surface area contributed by atoms with Gasteiger partial charge in [0.05, 0.1) is 6.42 Å². The van der Waals surface area contributed by atoms with Crippen LogP contribution in [-0.2, 0) is 11.2 Å². The zero-order chi connectivity index (χ0) is 14.4. The summed E-state index contributed by atoms with van der Waals surface area (Å²) in [6.45, 7) is 5.52. The fourth-order valence-corrected chi connectivity index (χ4v) is 2.70. The third-order valence-corrected chi connectivity index (χ3v) is 3.79. The van der Waals surface area contributed by atoms with Gasteiger partial charge in [0.15, 0.2) is 0 Å². The van der Waals surface area contributed by atoms with Gasteiger partial charge in [-0.3, -0.25) is 4.79 Å². The molecule has 1 fully saturated rings. The zero-order valence-corrected chi connectivity index (χ0v) is 12.1. The molecule has 20 heavy (non-hydrogen) atoms. The van der Waals surface area contributed by atoms with E-state index in [0.717, 1.165) is 38.0 Å². The summed E-state index contributed by atoms with van der Waals surface area (Å²) in [6, 6.07) is 7.13. The Balaban J connectivity index is 1.74. The molecule has 0 saturated carbocycles. The number of carbonyl (C=O) groups is 1. The number of rotatable bonds is 5. The molecular formula is C16H24N2O2. The van der Waals surface area contributed by atoms with Crippen molar-refractivity contribution in [1.29, 1.82) is 0 Å². The van der Waals surface area contributed by atoms with Gasteiger partial charge >= 0.3 is 0 Å². The van der Waals surface area contributed by atoms with Crippen molar-refractivity contribution in [2.24, 2.45) is 0 Å². The van der Waals surface area contributed by atoms with Crippen LogP contribution >= 0.6 is 0 Å². The highest BCUT2D eigenvalue weighted by Gasteiger charge is 2.19. The van der Waals surface area contributed by atoms with E-state index in [1.165, 1.54) is 6.42 Å². The molecule has 1 aliphatic rings. The number of nitrogens with one attached hydrogen (secondary N) is 1. The number of phenols is 1. The van der Waals surface area contributed by atoms with Gasteiger partial charge in [0.2, 0.25) is 5.91 Å². The first kappa shape index (κ1) is 14.9. The van der Waals surface area contributed by atoms with Gasteiger partial charge in [-0.25, -0.2) is 0 Å². The summed E-state index contributed by atoms with van der Waals surface area (Å²) >= 11 is 0. The van der Waals surface area contributed by atoms with Gasteiger partial charge in [-0.2, -0.15) is 0 Å². The lowest BCUT2D eigenvalue weighted by molar-refractivity contribution is -0.121. The number of likely N-dealkylation sites (tertiary alicyclic amines) is 1. The fraction of sp³-hybridized carbons (Fsp3) is 0.562. The summed E-state index contributed by atoms with van der Waals surface area (Å²) < 4.78 is 0. The molecule has 1 amide bonds. The van der Waals surface area contributed by atoms with Gasteiger partial charge < -0.3 is 15.3 Å². The standard InChI is InChI=1S/C16H24N2O2/c1-2-9-18-10-7-14(8-11-18)17-16(20)12-13-3-5-15(19)6-4-13/h3-6,14,19H,2,7-12H2,1H3,(H,17,20). The van der Waals surface area contributed by atoms with Crippen LogP contribution in [0.4, 0.5) is 0 Å². The maximum Gasteiger partial charge on any atom is 0.224 e. The van der Waals surface area contributed by atoms with Crippen molar-refractivity contribution >= 4 is 5.91 Å². The number of hydrogen-bond donors (Lipinski definition) is 2. The second-order valence-electron chi connectivity index (χ2n) is 5.53. The second kappa shape index (κ2) is 7.29. The van der Waals surface area contributed by atoms with Crippen LogP contribution in [0, 0.1) is 0 Å². The van der Waals surface area contributed by atoms with E-state index >= 15 is 0 Å². The van der Waals surface area contributed by atoms with E-state index in [2.05, 4.69) is 17.1 Å². The molecule has 1 saturated heterocycles. The largest absolute Gasteiger partial charge is 0.508 e. The Labute approximate surface area is 120 Å². The molecule has 0 aromatic heterocycles. The minimum atomic E-state index is 0.0737. The van der Waals surface area contributed by atoms with Crippen LogP contribution in [-0.4, -0.2) is 41.6 Å². The first-order valence-corrected chi connectivity index (χ1v) is 7.47. The lowest BCUT2D eigenvalue weighted by atomic mass is 10.0. The monoisotopic (exact) mass is 276 g/mol. The molecule has 1 heterocycles. The van der Waals surface area contributed by atoms with Gasteiger partial charge in [0, 0.05) is 19.1 Å². The fourth-order valence-electron chi connectivity index (χ4n) is 2.70. The minimum Gasteiger partial charge on any atom is -0.508 e. The molecule has 4 heteroatoms. The predicted octanol–water partition coefficient (Wildman–Crippen LogP) is 1.93. The van der Waals surface area contributed by atoms with Crippen molar-refractivity contribution in [3.63, 3.8) is 0 Å². The molecule has 1 aromatic rings. The Bertz CT molecular complexity index is 423. The maximum absolute atomic E-state index is 12.0. The first-order valence-electron chi connectivity index (χ1n) is 7.47. The van der Waals surface area contributed by atoms with E-state index in [9.17, 15) is 9.90 Å². The van der Waals surface area contributed by atoms with Crippen molar-refractivity contribution in [2.45, 2.75) is 38.6 Å². The lowest BCUT2D eigenvalue weighted by Gasteiger charge is -2.32. The van der Waals surface area contributed by atoms with Gasteiger partial charge in [-0.05, 0) is 43.5 Å². The molecule has 4 nitrogen and oxygen atoms in total. The van der Waals surface area contributed by atoms with Crippen molar-refractivity contribution in [2.75, 3.05) is 19.6 Å². The van der Waals surface area contributed by atoms with Crippen molar-refractivity contribution in [3.8, 4) is 5.75 Å². The third-order valence-electron chi connectivity index (χ3n) is 3.79. The number of amides is 1. The van der Waals surface area contributed by atoms with Gasteiger partial charge in [-0.15, -0.1) is 0 Å². The van der Waals surface area contributed by atoms with Crippen LogP contribution in [0.15, 0.2) is 24.3 Å². The Morgan fingerprint density at radius 2 is 1.95 bits per heavy atom. The van der Waals surface area contributed by atoms with Crippen molar-refractivity contribution in [1.82, 2.24) is 10.2 Å². The predicted molar refractivity (Wildman–Crippen MR) is 79.7 cm³/mol. The quantitative estimate of drug-likeness (QED) is 0.864. The SMILES string of the molecule is CCCN1CCC(NC(=O)Cc2ccc(O)cc2)CC1. The smallest absolute Gasteiger partial charge is 0.224 e. The molecular weight excluding hydrogens is 252 g/mol. The van der Waals surface area contributed by atoms with E-state index in [4.69, 9.17) is 0 Å². The van der Waals surface area contributed by atoms with Gasteiger partial charge in [0.25, 0.3) is 0 Å². The second-order valence-corrected chi connectivity index (χ2v) is 5.53. The van der Waals surface area contributed by atoms with E-state index in [0.29, 0.717) is 12.5 Å². The molecule has 0 bridgehead atoms. The van der Waals surface area contributed by atoms with Crippen molar-refractivity contribution in [3.05, 3.63) is 29.8 Å². The summed E-state index contributed by atoms with van der Waals surface area (Å²) in [6.07, 6.45) is 3.66.